The molecule has 3 nitrogen and oxygen atoms in total. The number of pyridine rings is 2. The lowest BCUT2D eigenvalue weighted by molar-refractivity contribution is 1.01. The van der Waals surface area contributed by atoms with Gasteiger partial charge in [0.25, 0.3) is 0 Å². The minimum absolute atomic E-state index is 0.269. The minimum atomic E-state index is -0.269. The number of nitrogens with one attached hydrogen (secondary N) is 1. The zero-order chi connectivity index (χ0) is 14.5. The third-order valence-electron chi connectivity index (χ3n) is 3.03. The lowest BCUT2D eigenvalue weighted by atomic mass is 10.2. The summed E-state index contributed by atoms with van der Waals surface area (Å²) in [6.45, 7) is 9.06. The van der Waals surface area contributed by atoms with Crippen LogP contribution in [0.15, 0.2) is 42.6 Å². The van der Waals surface area contributed by atoms with Gasteiger partial charge in [-0.15, -0.1) is 0 Å². The van der Waals surface area contributed by atoms with E-state index in [0.717, 1.165) is 17.2 Å². The van der Waals surface area contributed by atoms with Gasteiger partial charge in [0.05, 0.1) is 11.4 Å². The highest BCUT2D eigenvalue weighted by Gasteiger charge is 2.17. The first-order chi connectivity index (χ1) is 9.58. The fourth-order valence-electron chi connectivity index (χ4n) is 2.14. The normalized spacial score (nSPS) is 11.3. The predicted octanol–water partition coefficient (Wildman–Crippen LogP) is 4.77. The molecule has 0 saturated carbocycles. The Balaban J connectivity index is 2.22. The molecule has 2 aromatic rings. The molecule has 0 aliphatic heterocycles. The maximum Gasteiger partial charge on any atom is 0.129 e. The van der Waals surface area contributed by atoms with Crippen LogP contribution in [0.5, 0.6) is 0 Å². The summed E-state index contributed by atoms with van der Waals surface area (Å²) in [6, 6.07) is 12.0. The van der Waals surface area contributed by atoms with Gasteiger partial charge in [0.15, 0.2) is 0 Å². The highest BCUT2D eigenvalue weighted by molar-refractivity contribution is 7.60. The lowest BCUT2D eigenvalue weighted by Gasteiger charge is -2.26. The summed E-state index contributed by atoms with van der Waals surface area (Å²) in [7, 11) is -0.269. The number of nitrogens with zero attached hydrogens (tertiary/aromatic N) is 2. The summed E-state index contributed by atoms with van der Waals surface area (Å²) in [4.78, 5) is 9.04. The van der Waals surface area contributed by atoms with Gasteiger partial charge >= 0.3 is 0 Å². The van der Waals surface area contributed by atoms with E-state index in [1.807, 2.05) is 36.4 Å². The molecule has 0 aromatic carbocycles. The first kappa shape index (κ1) is 14.9. The molecule has 0 aliphatic rings. The fourth-order valence-corrected chi connectivity index (χ4v) is 4.24. The third-order valence-corrected chi connectivity index (χ3v) is 5.75. The molecule has 0 aliphatic carbocycles. The molecule has 0 radical (unpaired) electrons. The maximum absolute atomic E-state index is 4.69. The van der Waals surface area contributed by atoms with E-state index >= 15 is 0 Å². The first-order valence-corrected chi connectivity index (χ1v) is 8.49. The standard InChI is InChI=1S/C16H22N3P/c1-12(2)20(13(3)4)19-16-10-7-9-15(18-16)14-8-5-6-11-17-14/h5-13H,1-4H3,(H,18,19). The van der Waals surface area contributed by atoms with Gasteiger partial charge in [0.1, 0.15) is 5.82 Å². The highest BCUT2D eigenvalue weighted by Crippen LogP contribution is 2.45. The Hall–Kier alpha value is -1.47. The van der Waals surface area contributed by atoms with Crippen molar-refractivity contribution in [3.05, 3.63) is 42.6 Å². The van der Waals surface area contributed by atoms with Crippen molar-refractivity contribution in [2.45, 2.75) is 39.0 Å². The summed E-state index contributed by atoms with van der Waals surface area (Å²) >= 11 is 0. The first-order valence-electron chi connectivity index (χ1n) is 7.01. The van der Waals surface area contributed by atoms with E-state index in [1.165, 1.54) is 0 Å². The smallest absolute Gasteiger partial charge is 0.129 e. The van der Waals surface area contributed by atoms with Crippen molar-refractivity contribution in [2.24, 2.45) is 0 Å². The third kappa shape index (κ3) is 3.77. The second-order valence-corrected chi connectivity index (χ2v) is 8.43. The summed E-state index contributed by atoms with van der Waals surface area (Å²) in [5, 5.41) is 3.61. The second kappa shape index (κ2) is 6.81. The Kier molecular flexibility index (Phi) is 5.08. The Morgan fingerprint density at radius 1 is 0.900 bits per heavy atom. The largest absolute Gasteiger partial charge is 0.349 e. The van der Waals surface area contributed by atoms with Gasteiger partial charge in [-0.3, -0.25) is 4.98 Å². The molecule has 4 heteroatoms. The van der Waals surface area contributed by atoms with E-state index in [0.29, 0.717) is 11.3 Å². The number of rotatable bonds is 5. The Bertz CT molecular complexity index is 532. The molecule has 2 aromatic heterocycles. The van der Waals surface area contributed by atoms with Gasteiger partial charge in [-0.25, -0.2) is 4.98 Å². The van der Waals surface area contributed by atoms with Crippen molar-refractivity contribution in [3.63, 3.8) is 0 Å². The quantitative estimate of drug-likeness (QED) is 0.805. The van der Waals surface area contributed by atoms with Crippen molar-refractivity contribution >= 4 is 13.9 Å². The van der Waals surface area contributed by atoms with E-state index in [9.17, 15) is 0 Å². The Labute approximate surface area is 122 Å². The number of anilines is 1. The molecule has 0 fully saturated rings. The molecule has 0 atom stereocenters. The highest BCUT2D eigenvalue weighted by atomic mass is 31.1. The van der Waals surface area contributed by atoms with Crippen LogP contribution in [0, 0.1) is 0 Å². The van der Waals surface area contributed by atoms with Crippen molar-refractivity contribution in [2.75, 3.05) is 5.09 Å². The van der Waals surface area contributed by atoms with Crippen molar-refractivity contribution in [3.8, 4) is 11.4 Å². The summed E-state index contributed by atoms with van der Waals surface area (Å²) in [5.74, 6) is 0.946. The molecule has 20 heavy (non-hydrogen) atoms. The van der Waals surface area contributed by atoms with E-state index in [2.05, 4.69) is 37.8 Å². The van der Waals surface area contributed by atoms with E-state index < -0.39 is 0 Å². The zero-order valence-corrected chi connectivity index (χ0v) is 13.4. The van der Waals surface area contributed by atoms with Crippen LogP contribution in [-0.2, 0) is 0 Å². The molecule has 0 saturated heterocycles. The lowest BCUT2D eigenvalue weighted by Crippen LogP contribution is -2.11. The summed E-state index contributed by atoms with van der Waals surface area (Å²) in [5.41, 5.74) is 3.09. The van der Waals surface area contributed by atoms with Crippen LogP contribution < -0.4 is 5.09 Å². The fraction of sp³-hybridized carbons (Fsp3) is 0.375. The zero-order valence-electron chi connectivity index (χ0n) is 12.5. The van der Waals surface area contributed by atoms with E-state index in [4.69, 9.17) is 4.98 Å². The average Bonchev–Trinajstić information content (AvgIpc) is 2.45. The van der Waals surface area contributed by atoms with Gasteiger partial charge < -0.3 is 5.09 Å². The molecule has 1 N–H and O–H groups in total. The average molecular weight is 287 g/mol. The molecular formula is C16H22N3P. The van der Waals surface area contributed by atoms with Crippen LogP contribution in [0.1, 0.15) is 27.7 Å². The van der Waals surface area contributed by atoms with Crippen LogP contribution >= 0.6 is 8.07 Å². The topological polar surface area (TPSA) is 37.8 Å². The van der Waals surface area contributed by atoms with Gasteiger partial charge in [-0.1, -0.05) is 39.8 Å². The van der Waals surface area contributed by atoms with Gasteiger partial charge in [-0.2, -0.15) is 0 Å². The van der Waals surface area contributed by atoms with Crippen LogP contribution in [0.2, 0.25) is 0 Å². The van der Waals surface area contributed by atoms with Crippen LogP contribution in [0.3, 0.4) is 0 Å². The molecular weight excluding hydrogens is 265 g/mol. The Morgan fingerprint density at radius 2 is 1.60 bits per heavy atom. The summed E-state index contributed by atoms with van der Waals surface area (Å²) < 4.78 is 0. The molecule has 0 amide bonds. The summed E-state index contributed by atoms with van der Waals surface area (Å²) in [6.07, 6.45) is 1.80. The van der Waals surface area contributed by atoms with E-state index in [1.54, 1.807) is 6.20 Å². The molecule has 0 bridgehead atoms. The van der Waals surface area contributed by atoms with Crippen LogP contribution in [-0.4, -0.2) is 21.3 Å². The van der Waals surface area contributed by atoms with Gasteiger partial charge in [0, 0.05) is 6.20 Å². The van der Waals surface area contributed by atoms with Crippen molar-refractivity contribution in [1.29, 1.82) is 0 Å². The van der Waals surface area contributed by atoms with Gasteiger partial charge in [-0.05, 0) is 43.7 Å². The SMILES string of the molecule is CC(C)P(Nc1cccc(-c2ccccn2)n1)C(C)C. The predicted molar refractivity (Wildman–Crippen MR) is 88.3 cm³/mol. The molecule has 2 rings (SSSR count). The minimum Gasteiger partial charge on any atom is -0.349 e. The number of aromatic nitrogens is 2. The molecule has 0 spiro atoms. The van der Waals surface area contributed by atoms with Crippen molar-refractivity contribution in [1.82, 2.24) is 9.97 Å². The molecule has 106 valence electrons. The van der Waals surface area contributed by atoms with Gasteiger partial charge in [0.2, 0.25) is 0 Å². The molecule has 2 heterocycles. The van der Waals surface area contributed by atoms with E-state index in [-0.39, 0.29) is 8.07 Å². The molecule has 0 unspecified atom stereocenters. The Morgan fingerprint density at radius 3 is 2.20 bits per heavy atom. The van der Waals surface area contributed by atoms with Crippen LogP contribution in [0.4, 0.5) is 5.82 Å². The van der Waals surface area contributed by atoms with Crippen molar-refractivity contribution < 1.29 is 0 Å². The monoisotopic (exact) mass is 287 g/mol. The number of hydrogen-bond donors (Lipinski definition) is 1. The van der Waals surface area contributed by atoms with Crippen LogP contribution in [0.25, 0.3) is 11.4 Å². The maximum atomic E-state index is 4.69. The number of hydrogen-bond acceptors (Lipinski definition) is 3. The second-order valence-electron chi connectivity index (χ2n) is 5.33.